The van der Waals surface area contributed by atoms with E-state index in [0.29, 0.717) is 28.7 Å². The maximum atomic E-state index is 13.0. The van der Waals surface area contributed by atoms with Crippen LogP contribution in [-0.2, 0) is 6.54 Å². The van der Waals surface area contributed by atoms with Crippen LogP contribution in [0.2, 0.25) is 5.02 Å². The van der Waals surface area contributed by atoms with Gasteiger partial charge in [0.2, 0.25) is 0 Å². The molecule has 0 saturated heterocycles. The van der Waals surface area contributed by atoms with Crippen LogP contribution in [0.4, 0.5) is 10.2 Å². The molecule has 0 radical (unpaired) electrons. The zero-order valence-corrected chi connectivity index (χ0v) is 16.2. The number of hydrogen-bond acceptors (Lipinski definition) is 4. The molecule has 2 aromatic carbocycles. The summed E-state index contributed by atoms with van der Waals surface area (Å²) in [5, 5.41) is 11.6. The Morgan fingerprint density at radius 3 is 2.72 bits per heavy atom. The number of rotatable bonds is 5. The molecule has 2 heterocycles. The Morgan fingerprint density at radius 1 is 1.17 bits per heavy atom. The number of aryl methyl sites for hydroxylation is 1. The number of hydrogen-bond donors (Lipinski definition) is 1. The van der Waals surface area contributed by atoms with Gasteiger partial charge in [0.05, 0.1) is 6.54 Å². The standard InChI is InChI=1S/C21H16ClFN4O2/c1-13-9-20(25-27(13)12-14-3-2-4-16(22)10-14)24-21(28)18-11-19(29-26-18)15-5-7-17(23)8-6-15/h2-11H,12H2,1H3,(H,24,25,28). The van der Waals surface area contributed by atoms with Crippen LogP contribution in [0.15, 0.2) is 65.2 Å². The van der Waals surface area contributed by atoms with Crippen molar-refractivity contribution in [1.29, 1.82) is 0 Å². The van der Waals surface area contributed by atoms with E-state index in [0.717, 1.165) is 11.3 Å². The number of carbonyl (C=O) groups is 1. The van der Waals surface area contributed by atoms with E-state index in [2.05, 4.69) is 15.6 Å². The fourth-order valence-electron chi connectivity index (χ4n) is 2.85. The molecule has 0 saturated carbocycles. The minimum atomic E-state index is -0.450. The smallest absolute Gasteiger partial charge is 0.279 e. The van der Waals surface area contributed by atoms with Gasteiger partial charge in [-0.3, -0.25) is 9.48 Å². The van der Waals surface area contributed by atoms with Crippen molar-refractivity contribution in [2.75, 3.05) is 5.32 Å². The van der Waals surface area contributed by atoms with Gasteiger partial charge in [0.1, 0.15) is 5.82 Å². The number of amides is 1. The largest absolute Gasteiger partial charge is 0.355 e. The van der Waals surface area contributed by atoms with Gasteiger partial charge in [-0.2, -0.15) is 5.10 Å². The summed E-state index contributed by atoms with van der Waals surface area (Å²) in [6, 6.07) is 16.5. The maximum absolute atomic E-state index is 13.0. The molecule has 2 aromatic heterocycles. The van der Waals surface area contributed by atoms with Gasteiger partial charge in [-0.25, -0.2) is 4.39 Å². The molecule has 29 heavy (non-hydrogen) atoms. The lowest BCUT2D eigenvalue weighted by atomic mass is 10.1. The SMILES string of the molecule is Cc1cc(NC(=O)c2cc(-c3ccc(F)cc3)on2)nn1Cc1cccc(Cl)c1. The van der Waals surface area contributed by atoms with Crippen LogP contribution in [0.5, 0.6) is 0 Å². The molecule has 0 bridgehead atoms. The van der Waals surface area contributed by atoms with Gasteiger partial charge in [0, 0.05) is 28.4 Å². The van der Waals surface area contributed by atoms with Crippen molar-refractivity contribution in [3.63, 3.8) is 0 Å². The number of anilines is 1. The number of benzene rings is 2. The van der Waals surface area contributed by atoms with Crippen LogP contribution < -0.4 is 5.32 Å². The third-order valence-electron chi connectivity index (χ3n) is 4.32. The summed E-state index contributed by atoms with van der Waals surface area (Å²) in [7, 11) is 0. The number of nitrogens with zero attached hydrogens (tertiary/aromatic N) is 3. The highest BCUT2D eigenvalue weighted by molar-refractivity contribution is 6.30. The Bertz CT molecular complexity index is 1170. The minimum Gasteiger partial charge on any atom is -0.355 e. The molecular formula is C21H16ClFN4O2. The van der Waals surface area contributed by atoms with Crippen LogP contribution in [0.1, 0.15) is 21.7 Å². The van der Waals surface area contributed by atoms with Crippen molar-refractivity contribution < 1.29 is 13.7 Å². The number of halogens is 2. The average Bonchev–Trinajstić information content (AvgIpc) is 3.30. The molecule has 4 aromatic rings. The predicted octanol–water partition coefficient (Wildman–Crippen LogP) is 4.94. The molecule has 1 N–H and O–H groups in total. The maximum Gasteiger partial charge on any atom is 0.279 e. The van der Waals surface area contributed by atoms with Crippen LogP contribution in [0.25, 0.3) is 11.3 Å². The summed E-state index contributed by atoms with van der Waals surface area (Å²) in [5.74, 6) is -0.0249. The molecule has 8 heteroatoms. The molecule has 0 unspecified atom stereocenters. The zero-order valence-electron chi connectivity index (χ0n) is 15.4. The summed E-state index contributed by atoms with van der Waals surface area (Å²) < 4.78 is 20.0. The highest BCUT2D eigenvalue weighted by Crippen LogP contribution is 2.21. The normalized spacial score (nSPS) is 10.9. The number of nitrogens with one attached hydrogen (secondary N) is 1. The van der Waals surface area contributed by atoms with Gasteiger partial charge in [0.15, 0.2) is 17.3 Å². The number of aromatic nitrogens is 3. The molecule has 0 spiro atoms. The Balaban J connectivity index is 1.47. The minimum absolute atomic E-state index is 0.103. The van der Waals surface area contributed by atoms with Crippen molar-refractivity contribution in [3.05, 3.63) is 88.5 Å². The Hall–Kier alpha value is -3.45. The summed E-state index contributed by atoms with van der Waals surface area (Å²) in [6.45, 7) is 2.43. The highest BCUT2D eigenvalue weighted by atomic mass is 35.5. The van der Waals surface area contributed by atoms with Crippen LogP contribution >= 0.6 is 11.6 Å². The first-order valence-corrected chi connectivity index (χ1v) is 9.18. The molecule has 4 rings (SSSR count). The third-order valence-corrected chi connectivity index (χ3v) is 4.55. The van der Waals surface area contributed by atoms with E-state index in [1.807, 2.05) is 31.2 Å². The molecule has 0 aliphatic rings. The van der Waals surface area contributed by atoms with Gasteiger partial charge < -0.3 is 9.84 Å². The lowest BCUT2D eigenvalue weighted by molar-refractivity contribution is 0.101. The van der Waals surface area contributed by atoms with Crippen molar-refractivity contribution in [2.24, 2.45) is 0 Å². The lowest BCUT2D eigenvalue weighted by Gasteiger charge is -2.04. The fourth-order valence-corrected chi connectivity index (χ4v) is 3.07. The molecule has 6 nitrogen and oxygen atoms in total. The van der Waals surface area contributed by atoms with E-state index in [4.69, 9.17) is 16.1 Å². The van der Waals surface area contributed by atoms with Crippen molar-refractivity contribution in [3.8, 4) is 11.3 Å². The van der Waals surface area contributed by atoms with Crippen LogP contribution in [-0.4, -0.2) is 20.8 Å². The Kier molecular flexibility index (Phi) is 5.14. The van der Waals surface area contributed by atoms with Gasteiger partial charge in [-0.05, 0) is 48.9 Å². The summed E-state index contributed by atoms with van der Waals surface area (Å²) in [5.41, 5.74) is 2.61. The quantitative estimate of drug-likeness (QED) is 0.505. The van der Waals surface area contributed by atoms with Gasteiger partial charge >= 0.3 is 0 Å². The average molecular weight is 411 g/mol. The summed E-state index contributed by atoms with van der Waals surface area (Å²) in [6.07, 6.45) is 0. The van der Waals surface area contributed by atoms with Crippen molar-refractivity contribution in [1.82, 2.24) is 14.9 Å². The molecule has 0 aliphatic heterocycles. The van der Waals surface area contributed by atoms with Crippen LogP contribution in [0.3, 0.4) is 0 Å². The van der Waals surface area contributed by atoms with E-state index in [1.165, 1.54) is 18.2 Å². The molecular weight excluding hydrogens is 395 g/mol. The Labute approximate surface area is 170 Å². The van der Waals surface area contributed by atoms with Crippen LogP contribution in [0, 0.1) is 12.7 Å². The molecule has 0 atom stereocenters. The van der Waals surface area contributed by atoms with E-state index >= 15 is 0 Å². The fraction of sp³-hybridized carbons (Fsp3) is 0.0952. The van der Waals surface area contributed by atoms with Crippen molar-refractivity contribution >= 4 is 23.3 Å². The van der Waals surface area contributed by atoms with Crippen molar-refractivity contribution in [2.45, 2.75) is 13.5 Å². The topological polar surface area (TPSA) is 73.0 Å². The van der Waals surface area contributed by atoms with E-state index in [-0.39, 0.29) is 11.5 Å². The summed E-state index contributed by atoms with van der Waals surface area (Å²) >= 11 is 6.03. The highest BCUT2D eigenvalue weighted by Gasteiger charge is 2.16. The first-order valence-electron chi connectivity index (χ1n) is 8.81. The second kappa shape index (κ2) is 7.89. The number of carbonyl (C=O) groups excluding carboxylic acids is 1. The zero-order chi connectivity index (χ0) is 20.4. The summed E-state index contributed by atoms with van der Waals surface area (Å²) in [4.78, 5) is 12.5. The first kappa shape index (κ1) is 18.9. The lowest BCUT2D eigenvalue weighted by Crippen LogP contribution is -2.13. The monoisotopic (exact) mass is 410 g/mol. The second-order valence-electron chi connectivity index (χ2n) is 6.50. The third kappa shape index (κ3) is 4.35. The van der Waals surface area contributed by atoms with E-state index < -0.39 is 5.91 Å². The van der Waals surface area contributed by atoms with E-state index in [1.54, 1.807) is 22.9 Å². The molecule has 0 aliphatic carbocycles. The molecule has 1 amide bonds. The Morgan fingerprint density at radius 2 is 1.97 bits per heavy atom. The second-order valence-corrected chi connectivity index (χ2v) is 6.93. The predicted molar refractivity (Wildman–Crippen MR) is 107 cm³/mol. The van der Waals surface area contributed by atoms with E-state index in [9.17, 15) is 9.18 Å². The van der Waals surface area contributed by atoms with Gasteiger partial charge in [0.25, 0.3) is 5.91 Å². The first-order chi connectivity index (χ1) is 14.0. The van der Waals surface area contributed by atoms with Gasteiger partial charge in [-0.1, -0.05) is 28.9 Å². The van der Waals surface area contributed by atoms with Gasteiger partial charge in [-0.15, -0.1) is 0 Å². The molecule has 0 fully saturated rings. The molecule has 146 valence electrons.